The molecule has 4 nitrogen and oxygen atoms in total. The normalized spacial score (nSPS) is 11.0. The minimum Gasteiger partial charge on any atom is -0.348 e. The fourth-order valence-corrected chi connectivity index (χ4v) is 2.62. The largest absolute Gasteiger partial charge is 0.348 e. The van der Waals surface area contributed by atoms with Gasteiger partial charge in [0.25, 0.3) is 0 Å². The SMILES string of the molecule is CC(C)(C)c1ccc(NC(=O)C(=O)NCCCCc2ccccc2)cc1. The first kappa shape index (κ1) is 19.7. The number of aryl methyl sites for hydroxylation is 1. The van der Waals surface area contributed by atoms with Gasteiger partial charge in [0.05, 0.1) is 0 Å². The van der Waals surface area contributed by atoms with Gasteiger partial charge in [-0.2, -0.15) is 0 Å². The Morgan fingerprint density at radius 3 is 2.12 bits per heavy atom. The van der Waals surface area contributed by atoms with Crippen LogP contribution in [0, 0.1) is 0 Å². The van der Waals surface area contributed by atoms with Crippen LogP contribution in [-0.4, -0.2) is 18.4 Å². The van der Waals surface area contributed by atoms with Gasteiger partial charge in [-0.1, -0.05) is 63.2 Å². The van der Waals surface area contributed by atoms with Crippen molar-refractivity contribution in [3.05, 3.63) is 65.7 Å². The van der Waals surface area contributed by atoms with Crippen LogP contribution in [0.15, 0.2) is 54.6 Å². The molecule has 0 aliphatic carbocycles. The van der Waals surface area contributed by atoms with Crippen LogP contribution in [-0.2, 0) is 21.4 Å². The van der Waals surface area contributed by atoms with Crippen molar-refractivity contribution >= 4 is 17.5 Å². The number of nitrogens with one attached hydrogen (secondary N) is 2. The lowest BCUT2D eigenvalue weighted by Crippen LogP contribution is -2.35. The van der Waals surface area contributed by atoms with E-state index >= 15 is 0 Å². The summed E-state index contributed by atoms with van der Waals surface area (Å²) in [4.78, 5) is 23.8. The van der Waals surface area contributed by atoms with Crippen molar-refractivity contribution in [3.63, 3.8) is 0 Å². The van der Waals surface area contributed by atoms with Gasteiger partial charge in [-0.15, -0.1) is 0 Å². The molecular weight excluding hydrogens is 324 g/mol. The second-order valence-electron chi connectivity index (χ2n) is 7.48. The molecule has 0 fully saturated rings. The Bertz CT molecular complexity index is 716. The molecule has 0 aromatic heterocycles. The van der Waals surface area contributed by atoms with Crippen molar-refractivity contribution in [2.75, 3.05) is 11.9 Å². The summed E-state index contributed by atoms with van der Waals surface area (Å²) in [7, 11) is 0. The average molecular weight is 352 g/mol. The topological polar surface area (TPSA) is 58.2 Å². The Labute approximate surface area is 156 Å². The van der Waals surface area contributed by atoms with Crippen molar-refractivity contribution in [2.24, 2.45) is 0 Å². The molecule has 26 heavy (non-hydrogen) atoms. The maximum Gasteiger partial charge on any atom is 0.313 e. The Morgan fingerprint density at radius 2 is 1.50 bits per heavy atom. The van der Waals surface area contributed by atoms with E-state index in [1.807, 2.05) is 42.5 Å². The maximum absolute atomic E-state index is 12.0. The van der Waals surface area contributed by atoms with Crippen LogP contribution in [0.25, 0.3) is 0 Å². The van der Waals surface area contributed by atoms with Gasteiger partial charge in [0, 0.05) is 12.2 Å². The van der Waals surface area contributed by atoms with Gasteiger partial charge in [0.2, 0.25) is 0 Å². The van der Waals surface area contributed by atoms with Crippen LogP contribution in [0.5, 0.6) is 0 Å². The molecule has 0 heterocycles. The minimum atomic E-state index is -0.628. The van der Waals surface area contributed by atoms with Gasteiger partial charge in [-0.25, -0.2) is 0 Å². The number of hydrogen-bond acceptors (Lipinski definition) is 2. The number of amides is 2. The van der Waals surface area contributed by atoms with E-state index in [2.05, 4.69) is 43.5 Å². The molecular formula is C22H28N2O2. The number of carbonyl (C=O) groups is 2. The summed E-state index contributed by atoms with van der Waals surface area (Å²) in [6.45, 7) is 6.89. The molecule has 0 saturated heterocycles. The molecule has 0 saturated carbocycles. The summed E-state index contributed by atoms with van der Waals surface area (Å²) < 4.78 is 0. The Hall–Kier alpha value is -2.62. The Morgan fingerprint density at radius 1 is 0.846 bits per heavy atom. The van der Waals surface area contributed by atoms with Crippen LogP contribution < -0.4 is 10.6 Å². The second-order valence-corrected chi connectivity index (χ2v) is 7.48. The number of hydrogen-bond donors (Lipinski definition) is 2. The average Bonchev–Trinajstić information content (AvgIpc) is 2.62. The number of unbranched alkanes of at least 4 members (excludes halogenated alkanes) is 1. The highest BCUT2D eigenvalue weighted by atomic mass is 16.2. The van der Waals surface area contributed by atoms with E-state index in [1.165, 1.54) is 11.1 Å². The van der Waals surface area contributed by atoms with Crippen molar-refractivity contribution < 1.29 is 9.59 Å². The second kappa shape index (κ2) is 9.18. The third-order valence-corrected chi connectivity index (χ3v) is 4.24. The van der Waals surface area contributed by atoms with E-state index in [1.54, 1.807) is 0 Å². The molecule has 2 rings (SSSR count). The van der Waals surface area contributed by atoms with Crippen LogP contribution in [0.2, 0.25) is 0 Å². The zero-order chi connectivity index (χ0) is 19.0. The fourth-order valence-electron chi connectivity index (χ4n) is 2.62. The molecule has 0 atom stereocenters. The summed E-state index contributed by atoms with van der Waals surface area (Å²) in [6.07, 6.45) is 2.79. The van der Waals surface area contributed by atoms with E-state index in [0.717, 1.165) is 19.3 Å². The summed E-state index contributed by atoms with van der Waals surface area (Å²) >= 11 is 0. The fraction of sp³-hybridized carbons (Fsp3) is 0.364. The molecule has 0 aliphatic heterocycles. The third-order valence-electron chi connectivity index (χ3n) is 4.24. The van der Waals surface area contributed by atoms with Gasteiger partial charge < -0.3 is 10.6 Å². The lowest BCUT2D eigenvalue weighted by Gasteiger charge is -2.19. The lowest BCUT2D eigenvalue weighted by atomic mass is 9.87. The number of carbonyl (C=O) groups excluding carboxylic acids is 2. The molecule has 138 valence electrons. The highest BCUT2D eigenvalue weighted by molar-refractivity contribution is 6.39. The van der Waals surface area contributed by atoms with Gasteiger partial charge >= 0.3 is 11.8 Å². The van der Waals surface area contributed by atoms with Gasteiger partial charge in [-0.3, -0.25) is 9.59 Å². The van der Waals surface area contributed by atoms with Crippen molar-refractivity contribution in [3.8, 4) is 0 Å². The number of rotatable bonds is 6. The van der Waals surface area contributed by atoms with Crippen molar-refractivity contribution in [2.45, 2.75) is 45.4 Å². The monoisotopic (exact) mass is 352 g/mol. The van der Waals surface area contributed by atoms with Gasteiger partial charge in [0.1, 0.15) is 0 Å². The Kier molecular flexibility index (Phi) is 6.96. The van der Waals surface area contributed by atoms with Gasteiger partial charge in [-0.05, 0) is 47.9 Å². The van der Waals surface area contributed by atoms with E-state index < -0.39 is 11.8 Å². The van der Waals surface area contributed by atoms with E-state index in [4.69, 9.17) is 0 Å². The number of benzene rings is 2. The third kappa shape index (κ3) is 6.36. The molecule has 0 aliphatic rings. The predicted molar refractivity (Wildman–Crippen MR) is 106 cm³/mol. The molecule has 4 heteroatoms. The molecule has 0 spiro atoms. The molecule has 2 N–H and O–H groups in total. The summed E-state index contributed by atoms with van der Waals surface area (Å²) in [6, 6.07) is 17.8. The van der Waals surface area contributed by atoms with Crippen LogP contribution >= 0.6 is 0 Å². The summed E-state index contributed by atoms with van der Waals surface area (Å²) in [5.41, 5.74) is 3.15. The molecule has 2 amide bonds. The van der Waals surface area contributed by atoms with E-state index in [-0.39, 0.29) is 5.41 Å². The molecule has 0 unspecified atom stereocenters. The van der Waals surface area contributed by atoms with E-state index in [0.29, 0.717) is 12.2 Å². The lowest BCUT2D eigenvalue weighted by molar-refractivity contribution is -0.136. The summed E-state index contributed by atoms with van der Waals surface area (Å²) in [5, 5.41) is 5.31. The minimum absolute atomic E-state index is 0.0552. The van der Waals surface area contributed by atoms with Crippen LogP contribution in [0.4, 0.5) is 5.69 Å². The van der Waals surface area contributed by atoms with Crippen molar-refractivity contribution in [1.82, 2.24) is 5.32 Å². The van der Waals surface area contributed by atoms with Crippen LogP contribution in [0.1, 0.15) is 44.7 Å². The highest BCUT2D eigenvalue weighted by Gasteiger charge is 2.15. The Balaban J connectivity index is 1.69. The number of anilines is 1. The molecule has 0 radical (unpaired) electrons. The van der Waals surface area contributed by atoms with Crippen LogP contribution in [0.3, 0.4) is 0 Å². The first-order valence-corrected chi connectivity index (χ1v) is 9.10. The smallest absolute Gasteiger partial charge is 0.313 e. The molecule has 2 aromatic rings. The summed E-state index contributed by atoms with van der Waals surface area (Å²) in [5.74, 6) is -1.22. The first-order chi connectivity index (χ1) is 12.4. The quantitative estimate of drug-likeness (QED) is 0.608. The molecule has 2 aromatic carbocycles. The maximum atomic E-state index is 12.0. The van der Waals surface area contributed by atoms with Gasteiger partial charge in [0.15, 0.2) is 0 Å². The van der Waals surface area contributed by atoms with Crippen molar-refractivity contribution in [1.29, 1.82) is 0 Å². The predicted octanol–water partition coefficient (Wildman–Crippen LogP) is 4.06. The standard InChI is InChI=1S/C22H28N2O2/c1-22(2,3)18-12-14-19(15-13-18)24-21(26)20(25)23-16-8-7-11-17-9-5-4-6-10-17/h4-6,9-10,12-15H,7-8,11,16H2,1-3H3,(H,23,25)(H,24,26). The molecule has 0 bridgehead atoms. The first-order valence-electron chi connectivity index (χ1n) is 9.10. The zero-order valence-electron chi connectivity index (χ0n) is 15.8. The van der Waals surface area contributed by atoms with E-state index in [9.17, 15) is 9.59 Å². The highest BCUT2D eigenvalue weighted by Crippen LogP contribution is 2.23. The zero-order valence-corrected chi connectivity index (χ0v) is 15.8.